The van der Waals surface area contributed by atoms with Crippen LogP contribution in [0.4, 0.5) is 0 Å². The fourth-order valence-electron chi connectivity index (χ4n) is 2.20. The number of allylic oxidation sites excluding steroid dienone is 2. The monoisotopic (exact) mass is 304 g/mol. The van der Waals surface area contributed by atoms with Gasteiger partial charge >= 0.3 is 0 Å². The van der Waals surface area contributed by atoms with Crippen LogP contribution in [0, 0.1) is 0 Å². The average Bonchev–Trinajstić information content (AvgIpc) is 2.99. The minimum absolute atomic E-state index is 0.0130. The van der Waals surface area contributed by atoms with Crippen molar-refractivity contribution in [1.82, 2.24) is 20.6 Å². The van der Waals surface area contributed by atoms with Crippen molar-refractivity contribution in [3.05, 3.63) is 53.4 Å². The van der Waals surface area contributed by atoms with Gasteiger partial charge in [-0.1, -0.05) is 35.0 Å². The lowest BCUT2D eigenvalue weighted by Crippen LogP contribution is -2.40. The number of aromatic amines is 1. The van der Waals surface area contributed by atoms with Crippen LogP contribution in [0.25, 0.3) is 0 Å². The first kappa shape index (κ1) is 13.6. The van der Waals surface area contributed by atoms with E-state index in [0.717, 1.165) is 0 Å². The number of rotatable bonds is 3. The molecule has 21 heavy (non-hydrogen) atoms. The molecule has 0 amide bonds. The predicted molar refractivity (Wildman–Crippen MR) is 77.3 cm³/mol. The molecular formula is C14H13ClN4O2. The fourth-order valence-corrected chi connectivity index (χ4v) is 2.36. The SMILES string of the molecule is CC1(c2nn[nH]n2)C=CC=CC1Oc1ccc(Cl)cc1O. The molecule has 1 aromatic carbocycles. The molecule has 0 saturated carbocycles. The van der Waals surface area contributed by atoms with Crippen LogP contribution < -0.4 is 4.74 Å². The second-order valence-electron chi connectivity index (χ2n) is 4.91. The first-order valence-electron chi connectivity index (χ1n) is 6.35. The van der Waals surface area contributed by atoms with Crippen molar-refractivity contribution >= 4 is 11.6 Å². The molecule has 2 aromatic rings. The van der Waals surface area contributed by atoms with Gasteiger partial charge in [-0.3, -0.25) is 0 Å². The lowest BCUT2D eigenvalue weighted by Gasteiger charge is -2.32. The lowest BCUT2D eigenvalue weighted by molar-refractivity contribution is 0.173. The maximum atomic E-state index is 9.92. The topological polar surface area (TPSA) is 83.9 Å². The summed E-state index contributed by atoms with van der Waals surface area (Å²) in [5, 5.41) is 24.5. The normalized spacial score (nSPS) is 24.2. The summed E-state index contributed by atoms with van der Waals surface area (Å²) in [6.45, 7) is 1.94. The Morgan fingerprint density at radius 3 is 2.95 bits per heavy atom. The number of tetrazole rings is 1. The maximum absolute atomic E-state index is 9.92. The smallest absolute Gasteiger partial charge is 0.188 e. The quantitative estimate of drug-likeness (QED) is 0.909. The Morgan fingerprint density at radius 1 is 1.38 bits per heavy atom. The summed E-state index contributed by atoms with van der Waals surface area (Å²) in [5.41, 5.74) is -0.589. The number of aromatic nitrogens is 4. The Balaban J connectivity index is 1.93. The molecule has 2 atom stereocenters. The number of ether oxygens (including phenoxy) is 1. The number of hydrogen-bond acceptors (Lipinski definition) is 5. The Bertz CT molecular complexity index is 699. The maximum Gasteiger partial charge on any atom is 0.188 e. The summed E-state index contributed by atoms with van der Waals surface area (Å²) >= 11 is 5.82. The highest BCUT2D eigenvalue weighted by molar-refractivity contribution is 6.30. The summed E-state index contributed by atoms with van der Waals surface area (Å²) < 4.78 is 5.91. The van der Waals surface area contributed by atoms with E-state index in [1.165, 1.54) is 6.07 Å². The number of H-pyrrole nitrogens is 1. The number of phenolic OH excluding ortho intramolecular Hbond substituents is 1. The van der Waals surface area contributed by atoms with Crippen LogP contribution in [0.1, 0.15) is 12.7 Å². The van der Waals surface area contributed by atoms with Crippen molar-refractivity contribution in [2.75, 3.05) is 0 Å². The highest BCUT2D eigenvalue weighted by Crippen LogP contribution is 2.36. The van der Waals surface area contributed by atoms with Crippen LogP contribution in [-0.4, -0.2) is 31.8 Å². The van der Waals surface area contributed by atoms with E-state index in [0.29, 0.717) is 16.6 Å². The Labute approximate surface area is 126 Å². The molecule has 0 bridgehead atoms. The Morgan fingerprint density at radius 2 is 2.24 bits per heavy atom. The number of nitrogens with one attached hydrogen (secondary N) is 1. The molecule has 0 spiro atoms. The van der Waals surface area contributed by atoms with Crippen LogP contribution in [0.5, 0.6) is 11.5 Å². The van der Waals surface area contributed by atoms with Gasteiger partial charge in [-0.05, 0) is 25.1 Å². The summed E-state index contributed by atoms with van der Waals surface area (Å²) in [6.07, 6.45) is 7.21. The number of nitrogens with zero attached hydrogens (tertiary/aromatic N) is 3. The molecule has 2 unspecified atom stereocenters. The van der Waals surface area contributed by atoms with Gasteiger partial charge in [-0.15, -0.1) is 10.2 Å². The minimum atomic E-state index is -0.589. The van der Waals surface area contributed by atoms with Crippen molar-refractivity contribution in [2.24, 2.45) is 0 Å². The van der Waals surface area contributed by atoms with Crippen molar-refractivity contribution in [1.29, 1.82) is 0 Å². The molecule has 0 saturated heterocycles. The van der Waals surface area contributed by atoms with E-state index in [-0.39, 0.29) is 11.9 Å². The molecule has 7 heteroatoms. The number of aromatic hydroxyl groups is 1. The largest absolute Gasteiger partial charge is 0.504 e. The van der Waals surface area contributed by atoms with E-state index in [2.05, 4.69) is 20.6 Å². The highest BCUT2D eigenvalue weighted by Gasteiger charge is 2.39. The van der Waals surface area contributed by atoms with Gasteiger partial charge in [-0.2, -0.15) is 5.21 Å². The van der Waals surface area contributed by atoms with Crippen LogP contribution in [0.3, 0.4) is 0 Å². The van der Waals surface area contributed by atoms with Crippen molar-refractivity contribution in [3.8, 4) is 11.5 Å². The zero-order valence-corrected chi connectivity index (χ0v) is 11.9. The van der Waals surface area contributed by atoms with Gasteiger partial charge in [0.05, 0.1) is 5.41 Å². The van der Waals surface area contributed by atoms with Gasteiger partial charge in [0.2, 0.25) is 0 Å². The van der Waals surface area contributed by atoms with E-state index in [1.807, 2.05) is 31.2 Å². The van der Waals surface area contributed by atoms with Crippen molar-refractivity contribution in [3.63, 3.8) is 0 Å². The molecule has 0 fully saturated rings. The summed E-state index contributed by atoms with van der Waals surface area (Å²) in [7, 11) is 0. The summed E-state index contributed by atoms with van der Waals surface area (Å²) in [6, 6.07) is 4.72. The van der Waals surface area contributed by atoms with Crippen molar-refractivity contribution in [2.45, 2.75) is 18.4 Å². The average molecular weight is 305 g/mol. The molecule has 0 radical (unpaired) electrons. The Hall–Kier alpha value is -2.34. The standard InChI is InChI=1S/C14H13ClN4O2/c1-14(13-16-18-19-17-13)7-3-2-4-12(14)21-11-6-5-9(15)8-10(11)20/h2-8,12,20H,1H3,(H,16,17,18,19). The van der Waals surface area contributed by atoms with Crippen LogP contribution >= 0.6 is 11.6 Å². The molecule has 0 aliphatic heterocycles. The van der Waals surface area contributed by atoms with E-state index in [1.54, 1.807) is 12.1 Å². The minimum Gasteiger partial charge on any atom is -0.504 e. The molecule has 1 aliphatic rings. The van der Waals surface area contributed by atoms with Crippen LogP contribution in [0.15, 0.2) is 42.5 Å². The molecule has 1 aromatic heterocycles. The second kappa shape index (κ2) is 5.21. The van der Waals surface area contributed by atoms with Gasteiger partial charge in [0.25, 0.3) is 0 Å². The molecule has 2 N–H and O–H groups in total. The number of hydrogen-bond donors (Lipinski definition) is 2. The second-order valence-corrected chi connectivity index (χ2v) is 5.35. The van der Waals surface area contributed by atoms with Gasteiger partial charge in [0.1, 0.15) is 6.10 Å². The molecule has 108 valence electrons. The van der Waals surface area contributed by atoms with E-state index in [4.69, 9.17) is 16.3 Å². The summed E-state index contributed by atoms with van der Waals surface area (Å²) in [4.78, 5) is 0. The highest BCUT2D eigenvalue weighted by atomic mass is 35.5. The first-order chi connectivity index (χ1) is 10.1. The zero-order valence-electron chi connectivity index (χ0n) is 11.2. The van der Waals surface area contributed by atoms with Gasteiger partial charge in [-0.25, -0.2) is 0 Å². The zero-order chi connectivity index (χ0) is 14.9. The fraction of sp³-hybridized carbons (Fsp3) is 0.214. The van der Waals surface area contributed by atoms with E-state index < -0.39 is 5.41 Å². The van der Waals surface area contributed by atoms with Gasteiger partial charge in [0, 0.05) is 11.1 Å². The summed E-state index contributed by atoms with van der Waals surface area (Å²) in [5.74, 6) is 0.849. The van der Waals surface area contributed by atoms with E-state index >= 15 is 0 Å². The van der Waals surface area contributed by atoms with Crippen LogP contribution in [0.2, 0.25) is 5.02 Å². The van der Waals surface area contributed by atoms with Crippen LogP contribution in [-0.2, 0) is 5.41 Å². The first-order valence-corrected chi connectivity index (χ1v) is 6.72. The molecule has 1 aliphatic carbocycles. The number of benzene rings is 1. The van der Waals surface area contributed by atoms with E-state index in [9.17, 15) is 5.11 Å². The van der Waals surface area contributed by atoms with Gasteiger partial charge in [0.15, 0.2) is 17.3 Å². The number of phenols is 1. The molecule has 6 nitrogen and oxygen atoms in total. The molecule has 1 heterocycles. The third kappa shape index (κ3) is 2.50. The predicted octanol–water partition coefficient (Wildman–Crippen LogP) is 2.39. The number of halogens is 1. The Kier molecular flexibility index (Phi) is 3.39. The third-order valence-electron chi connectivity index (χ3n) is 3.43. The molecular weight excluding hydrogens is 292 g/mol. The third-order valence-corrected chi connectivity index (χ3v) is 3.67. The lowest BCUT2D eigenvalue weighted by atomic mass is 9.80. The molecule has 3 rings (SSSR count). The van der Waals surface area contributed by atoms with Crippen molar-refractivity contribution < 1.29 is 9.84 Å². The van der Waals surface area contributed by atoms with Gasteiger partial charge < -0.3 is 9.84 Å².